The van der Waals surface area contributed by atoms with Crippen LogP contribution in [0.15, 0.2) is 40.3 Å². The van der Waals surface area contributed by atoms with Gasteiger partial charge in [0, 0.05) is 9.77 Å². The zero-order valence-corrected chi connectivity index (χ0v) is 15.0. The van der Waals surface area contributed by atoms with Crippen LogP contribution in [0.2, 0.25) is 0 Å². The van der Waals surface area contributed by atoms with Crippen molar-refractivity contribution in [3.8, 4) is 0 Å². The molecule has 1 aliphatic carbocycles. The molecule has 1 heterocycles. The van der Waals surface area contributed by atoms with E-state index in [1.165, 1.54) is 21.8 Å². The number of hydrogen-bond donors (Lipinski definition) is 1. The summed E-state index contributed by atoms with van der Waals surface area (Å²) in [4.78, 5) is 15.6. The van der Waals surface area contributed by atoms with Crippen LogP contribution in [-0.4, -0.2) is 18.4 Å². The molecule has 0 saturated carbocycles. The van der Waals surface area contributed by atoms with E-state index in [1.54, 1.807) is 29.3 Å². The molecule has 0 spiro atoms. The normalized spacial score (nSPS) is 17.2. The van der Waals surface area contributed by atoms with Crippen LogP contribution in [0.5, 0.6) is 0 Å². The van der Waals surface area contributed by atoms with Gasteiger partial charge in [-0.15, -0.1) is 23.1 Å². The van der Waals surface area contributed by atoms with Crippen molar-refractivity contribution < 1.29 is 4.79 Å². The third-order valence-corrected chi connectivity index (χ3v) is 6.03. The minimum Gasteiger partial charge on any atom is -0.266 e. The van der Waals surface area contributed by atoms with E-state index in [-0.39, 0.29) is 5.91 Å². The number of benzene rings is 1. The van der Waals surface area contributed by atoms with Crippen molar-refractivity contribution in [2.24, 2.45) is 11.0 Å². The molecular formula is C18H20N2OS2. The number of carbonyl (C=O) groups excluding carboxylic acids is 1. The van der Waals surface area contributed by atoms with E-state index in [9.17, 15) is 4.79 Å². The second-order valence-corrected chi connectivity index (χ2v) is 7.90. The Morgan fingerprint density at radius 1 is 1.39 bits per heavy atom. The predicted octanol–water partition coefficient (Wildman–Crippen LogP) is 4.36. The van der Waals surface area contributed by atoms with Gasteiger partial charge in [-0.05, 0) is 60.8 Å². The van der Waals surface area contributed by atoms with Crippen LogP contribution in [0.25, 0.3) is 0 Å². The number of nitrogens with one attached hydrogen (secondary N) is 1. The quantitative estimate of drug-likeness (QED) is 0.509. The number of hydrazone groups is 1. The molecule has 23 heavy (non-hydrogen) atoms. The van der Waals surface area contributed by atoms with E-state index in [1.807, 2.05) is 36.6 Å². The maximum atomic E-state index is 12.2. The zero-order chi connectivity index (χ0) is 16.2. The molecule has 1 amide bonds. The summed E-state index contributed by atoms with van der Waals surface area (Å²) in [5.74, 6) is 0.601. The third kappa shape index (κ3) is 4.03. The van der Waals surface area contributed by atoms with Gasteiger partial charge in [0.2, 0.25) is 0 Å². The van der Waals surface area contributed by atoms with Gasteiger partial charge in [-0.25, -0.2) is 5.43 Å². The van der Waals surface area contributed by atoms with Crippen LogP contribution in [0.4, 0.5) is 0 Å². The molecule has 1 N–H and O–H groups in total. The Hall–Kier alpha value is -1.59. The average molecular weight is 345 g/mol. The number of hydrogen-bond acceptors (Lipinski definition) is 4. The Morgan fingerprint density at radius 3 is 2.91 bits per heavy atom. The summed E-state index contributed by atoms with van der Waals surface area (Å²) >= 11 is 3.31. The number of rotatable bonds is 4. The van der Waals surface area contributed by atoms with Gasteiger partial charge >= 0.3 is 0 Å². The minimum absolute atomic E-state index is 0.117. The number of carbonyl (C=O) groups is 1. The van der Waals surface area contributed by atoms with Gasteiger partial charge in [-0.2, -0.15) is 5.10 Å². The molecule has 0 unspecified atom stereocenters. The Labute approximate surface area is 145 Å². The van der Waals surface area contributed by atoms with Crippen molar-refractivity contribution >= 4 is 35.2 Å². The first-order chi connectivity index (χ1) is 11.2. The average Bonchev–Trinajstić information content (AvgIpc) is 2.98. The zero-order valence-electron chi connectivity index (χ0n) is 13.3. The van der Waals surface area contributed by atoms with Crippen molar-refractivity contribution in [3.63, 3.8) is 0 Å². The lowest BCUT2D eigenvalue weighted by molar-refractivity contribution is 0.0959. The van der Waals surface area contributed by atoms with E-state index in [0.717, 1.165) is 29.2 Å². The summed E-state index contributed by atoms with van der Waals surface area (Å²) < 4.78 is 0. The summed E-state index contributed by atoms with van der Waals surface area (Å²) in [6.45, 7) is 2.27. The van der Waals surface area contributed by atoms with E-state index in [2.05, 4.69) is 17.5 Å². The highest BCUT2D eigenvalue weighted by atomic mass is 32.2. The van der Waals surface area contributed by atoms with Crippen molar-refractivity contribution in [1.82, 2.24) is 5.43 Å². The lowest BCUT2D eigenvalue weighted by Crippen LogP contribution is -2.16. The first-order valence-corrected chi connectivity index (χ1v) is 9.79. The standard InChI is InChI=1S/C18H20N2OS2/c1-12-3-8-16-14(9-12)10-17(23-16)18(21)20-19-11-13-4-6-15(22-2)7-5-13/h4-7,10-12H,3,8-9H2,1-2H3,(H,20,21)/b19-11-/t12-/m1/s1. The molecule has 1 aromatic carbocycles. The van der Waals surface area contributed by atoms with Gasteiger partial charge in [-0.3, -0.25) is 4.79 Å². The Morgan fingerprint density at radius 2 is 2.17 bits per heavy atom. The number of fused-ring (bicyclic) bond motifs is 1. The van der Waals surface area contributed by atoms with Crippen LogP contribution < -0.4 is 5.43 Å². The number of thioether (sulfide) groups is 1. The molecular weight excluding hydrogens is 324 g/mol. The second kappa shape index (κ2) is 7.32. The second-order valence-electron chi connectivity index (χ2n) is 5.88. The van der Waals surface area contributed by atoms with Gasteiger partial charge in [0.25, 0.3) is 5.91 Å². The molecule has 0 aliphatic heterocycles. The van der Waals surface area contributed by atoms with Crippen molar-refractivity contribution in [3.05, 3.63) is 51.2 Å². The molecule has 2 aromatic rings. The topological polar surface area (TPSA) is 41.5 Å². The SMILES string of the molecule is CSc1ccc(/C=N\NC(=O)c2cc3c(s2)CC[C@@H](C)C3)cc1. The summed E-state index contributed by atoms with van der Waals surface area (Å²) in [5, 5.41) is 4.07. The Balaban J connectivity index is 1.61. The van der Waals surface area contributed by atoms with E-state index in [0.29, 0.717) is 0 Å². The first kappa shape index (κ1) is 16.3. The molecule has 3 rings (SSSR count). The molecule has 1 atom stereocenters. The van der Waals surface area contributed by atoms with Gasteiger partial charge in [-0.1, -0.05) is 19.1 Å². The largest absolute Gasteiger partial charge is 0.281 e. The number of nitrogens with zero attached hydrogens (tertiary/aromatic N) is 1. The predicted molar refractivity (Wildman–Crippen MR) is 98.8 cm³/mol. The van der Waals surface area contributed by atoms with Gasteiger partial charge in [0.05, 0.1) is 11.1 Å². The molecule has 0 radical (unpaired) electrons. The van der Waals surface area contributed by atoms with Gasteiger partial charge < -0.3 is 0 Å². The molecule has 1 aliphatic rings. The van der Waals surface area contributed by atoms with Crippen LogP contribution >= 0.6 is 23.1 Å². The highest BCUT2D eigenvalue weighted by Gasteiger charge is 2.20. The Bertz CT molecular complexity index is 719. The Kier molecular flexibility index (Phi) is 5.18. The number of aryl methyl sites for hydroxylation is 1. The fraction of sp³-hybridized carbons (Fsp3) is 0.333. The molecule has 5 heteroatoms. The van der Waals surface area contributed by atoms with E-state index in [4.69, 9.17) is 0 Å². The molecule has 3 nitrogen and oxygen atoms in total. The van der Waals surface area contributed by atoms with E-state index >= 15 is 0 Å². The summed E-state index contributed by atoms with van der Waals surface area (Å²) in [6.07, 6.45) is 7.13. The van der Waals surface area contributed by atoms with Gasteiger partial charge in [0.15, 0.2) is 0 Å². The summed E-state index contributed by atoms with van der Waals surface area (Å²) in [6, 6.07) is 10.1. The number of thiophene rings is 1. The van der Waals surface area contributed by atoms with Crippen molar-refractivity contribution in [2.45, 2.75) is 31.1 Å². The first-order valence-electron chi connectivity index (χ1n) is 7.74. The lowest BCUT2D eigenvalue weighted by Gasteiger charge is -2.16. The van der Waals surface area contributed by atoms with Crippen LogP contribution in [0.1, 0.15) is 39.0 Å². The summed E-state index contributed by atoms with van der Waals surface area (Å²) in [5.41, 5.74) is 4.95. The highest BCUT2D eigenvalue weighted by Crippen LogP contribution is 2.32. The molecule has 0 bridgehead atoms. The molecule has 120 valence electrons. The molecule has 1 aromatic heterocycles. The number of amides is 1. The molecule has 0 saturated heterocycles. The van der Waals surface area contributed by atoms with E-state index < -0.39 is 0 Å². The fourth-order valence-corrected chi connectivity index (χ4v) is 4.23. The highest BCUT2D eigenvalue weighted by molar-refractivity contribution is 7.98. The lowest BCUT2D eigenvalue weighted by atomic mass is 9.90. The van der Waals surface area contributed by atoms with Crippen LogP contribution in [-0.2, 0) is 12.8 Å². The maximum Gasteiger partial charge on any atom is 0.281 e. The van der Waals surface area contributed by atoms with Crippen molar-refractivity contribution in [1.29, 1.82) is 0 Å². The van der Waals surface area contributed by atoms with Crippen LogP contribution in [0.3, 0.4) is 0 Å². The van der Waals surface area contributed by atoms with Crippen molar-refractivity contribution in [2.75, 3.05) is 6.26 Å². The van der Waals surface area contributed by atoms with Crippen LogP contribution in [0, 0.1) is 5.92 Å². The maximum absolute atomic E-state index is 12.2. The monoisotopic (exact) mass is 344 g/mol. The van der Waals surface area contributed by atoms with Gasteiger partial charge in [0.1, 0.15) is 0 Å². The minimum atomic E-state index is -0.117. The fourth-order valence-electron chi connectivity index (χ4n) is 2.73. The third-order valence-electron chi connectivity index (χ3n) is 4.05. The smallest absolute Gasteiger partial charge is 0.266 e. The molecule has 0 fully saturated rings. The summed E-state index contributed by atoms with van der Waals surface area (Å²) in [7, 11) is 0.